The first kappa shape index (κ1) is 15.8. The lowest BCUT2D eigenvalue weighted by atomic mass is 10.0. The molecule has 0 atom stereocenters. The molecular weight excluding hydrogens is 254 g/mol. The zero-order valence-electron chi connectivity index (χ0n) is 12.4. The molecule has 0 unspecified atom stereocenters. The van der Waals surface area contributed by atoms with Crippen molar-refractivity contribution in [1.29, 1.82) is 0 Å². The summed E-state index contributed by atoms with van der Waals surface area (Å²) in [5.41, 5.74) is 2.05. The molecule has 0 aliphatic heterocycles. The maximum atomic E-state index is 12.3. The van der Waals surface area contributed by atoms with Crippen molar-refractivity contribution in [3.05, 3.63) is 46.5 Å². The molecule has 19 heavy (non-hydrogen) atoms. The average molecular weight is 277 g/mol. The molecule has 0 radical (unpaired) electrons. The molecule has 0 saturated carbocycles. The number of Topliss-reactive ketones (excluding diaryl/α,β-unsaturated/α-hetero) is 1. The average Bonchev–Trinajstić information content (AvgIpc) is 2.35. The Morgan fingerprint density at radius 1 is 1.26 bits per heavy atom. The van der Waals surface area contributed by atoms with Gasteiger partial charge in [-0.05, 0) is 24.2 Å². The lowest BCUT2D eigenvalue weighted by Gasteiger charge is -2.10. The molecule has 0 aromatic heterocycles. The van der Waals surface area contributed by atoms with Crippen LogP contribution in [0.4, 0.5) is 0 Å². The molecule has 0 saturated heterocycles. The van der Waals surface area contributed by atoms with Gasteiger partial charge in [-0.25, -0.2) is 0 Å². The predicted octanol–water partition coefficient (Wildman–Crippen LogP) is 3.83. The highest BCUT2D eigenvalue weighted by Crippen LogP contribution is 2.19. The smallest absolute Gasteiger partial charge is 0.200 e. The standard InChI is InChI=1S/C16H23NOS/c1-12(2)10-13-6-8-14(9-7-13)16(18)15(19-5)11-17(3)4/h6-9,11-12H,10H2,1-5H3. The van der Waals surface area contributed by atoms with Crippen molar-refractivity contribution >= 4 is 17.5 Å². The van der Waals surface area contributed by atoms with Gasteiger partial charge in [0.25, 0.3) is 0 Å². The van der Waals surface area contributed by atoms with Crippen molar-refractivity contribution in [3.63, 3.8) is 0 Å². The number of thioether (sulfide) groups is 1. The number of ketones is 1. The number of nitrogens with zero attached hydrogens (tertiary/aromatic N) is 1. The number of allylic oxidation sites excluding steroid dienone is 1. The van der Waals surface area contributed by atoms with E-state index < -0.39 is 0 Å². The number of benzene rings is 1. The van der Waals surface area contributed by atoms with Crippen LogP contribution >= 0.6 is 11.8 Å². The maximum absolute atomic E-state index is 12.3. The molecule has 0 amide bonds. The summed E-state index contributed by atoms with van der Waals surface area (Å²) in [5.74, 6) is 0.731. The van der Waals surface area contributed by atoms with Crippen LogP contribution in [0, 0.1) is 5.92 Å². The molecule has 2 nitrogen and oxygen atoms in total. The Labute approximate surface area is 120 Å². The van der Waals surface area contributed by atoms with Crippen LogP contribution in [0.25, 0.3) is 0 Å². The number of hydrogen-bond acceptors (Lipinski definition) is 3. The first-order valence-electron chi connectivity index (χ1n) is 6.50. The summed E-state index contributed by atoms with van der Waals surface area (Å²) in [6, 6.07) is 7.97. The zero-order chi connectivity index (χ0) is 14.4. The van der Waals surface area contributed by atoms with Crippen molar-refractivity contribution in [1.82, 2.24) is 4.90 Å². The van der Waals surface area contributed by atoms with E-state index in [0.717, 1.165) is 16.9 Å². The van der Waals surface area contributed by atoms with Crippen molar-refractivity contribution in [2.45, 2.75) is 20.3 Å². The first-order valence-corrected chi connectivity index (χ1v) is 7.72. The largest absolute Gasteiger partial charge is 0.382 e. The van der Waals surface area contributed by atoms with Gasteiger partial charge in [0, 0.05) is 25.9 Å². The van der Waals surface area contributed by atoms with Crippen LogP contribution in [0.2, 0.25) is 0 Å². The second-order valence-corrected chi connectivity index (χ2v) is 6.13. The molecule has 1 aromatic rings. The molecule has 0 bridgehead atoms. The number of carbonyl (C=O) groups is 1. The molecule has 0 spiro atoms. The van der Waals surface area contributed by atoms with Gasteiger partial charge in [0.1, 0.15) is 0 Å². The third kappa shape index (κ3) is 5.11. The highest BCUT2D eigenvalue weighted by molar-refractivity contribution is 8.03. The van der Waals surface area contributed by atoms with E-state index in [0.29, 0.717) is 5.92 Å². The van der Waals surface area contributed by atoms with Crippen molar-refractivity contribution in [2.24, 2.45) is 5.92 Å². The molecule has 0 aliphatic carbocycles. The van der Waals surface area contributed by atoms with Crippen molar-refractivity contribution in [3.8, 4) is 0 Å². The van der Waals surface area contributed by atoms with Gasteiger partial charge in [0.2, 0.25) is 5.78 Å². The quantitative estimate of drug-likeness (QED) is 0.582. The van der Waals surface area contributed by atoms with Crippen LogP contribution in [-0.4, -0.2) is 31.0 Å². The van der Waals surface area contributed by atoms with E-state index in [2.05, 4.69) is 26.0 Å². The third-order valence-electron chi connectivity index (χ3n) is 2.68. The molecule has 1 rings (SSSR count). The molecule has 0 aliphatic rings. The van der Waals surface area contributed by atoms with Crippen LogP contribution < -0.4 is 0 Å². The van der Waals surface area contributed by atoms with Crippen LogP contribution in [-0.2, 0) is 6.42 Å². The van der Waals surface area contributed by atoms with E-state index in [1.54, 1.807) is 0 Å². The molecule has 0 N–H and O–H groups in total. The summed E-state index contributed by atoms with van der Waals surface area (Å²) in [6.45, 7) is 4.40. The van der Waals surface area contributed by atoms with Crippen LogP contribution in [0.1, 0.15) is 29.8 Å². The lowest BCUT2D eigenvalue weighted by molar-refractivity contribution is 0.104. The molecule has 104 valence electrons. The Bertz CT molecular complexity index is 446. The molecular formula is C16H23NOS. The summed E-state index contributed by atoms with van der Waals surface area (Å²) in [6.07, 6.45) is 4.85. The Morgan fingerprint density at radius 2 is 1.84 bits per heavy atom. The molecule has 3 heteroatoms. The van der Waals surface area contributed by atoms with Gasteiger partial charge < -0.3 is 4.90 Å². The minimum Gasteiger partial charge on any atom is -0.382 e. The van der Waals surface area contributed by atoms with Gasteiger partial charge in [0.15, 0.2) is 0 Å². The van der Waals surface area contributed by atoms with E-state index in [4.69, 9.17) is 0 Å². The van der Waals surface area contributed by atoms with Crippen LogP contribution in [0.5, 0.6) is 0 Å². The zero-order valence-corrected chi connectivity index (χ0v) is 13.3. The first-order chi connectivity index (χ1) is 8.93. The Hall–Kier alpha value is -1.22. The van der Waals surface area contributed by atoms with Gasteiger partial charge in [-0.15, -0.1) is 11.8 Å². The highest BCUT2D eigenvalue weighted by atomic mass is 32.2. The number of hydrogen-bond donors (Lipinski definition) is 0. The van der Waals surface area contributed by atoms with Crippen molar-refractivity contribution < 1.29 is 4.79 Å². The van der Waals surface area contributed by atoms with E-state index in [9.17, 15) is 4.79 Å². The van der Waals surface area contributed by atoms with E-state index in [1.165, 1.54) is 17.3 Å². The summed E-state index contributed by atoms with van der Waals surface area (Å²) in [7, 11) is 3.85. The second kappa shape index (κ2) is 7.39. The van der Waals surface area contributed by atoms with Gasteiger partial charge in [0.05, 0.1) is 4.91 Å². The molecule has 0 fully saturated rings. The highest BCUT2D eigenvalue weighted by Gasteiger charge is 2.11. The SMILES string of the molecule is CSC(=CN(C)C)C(=O)c1ccc(CC(C)C)cc1. The van der Waals surface area contributed by atoms with Gasteiger partial charge in [-0.2, -0.15) is 0 Å². The summed E-state index contributed by atoms with van der Waals surface area (Å²) >= 11 is 1.49. The summed E-state index contributed by atoms with van der Waals surface area (Å²) in [5, 5.41) is 0. The van der Waals surface area contributed by atoms with Gasteiger partial charge >= 0.3 is 0 Å². The Morgan fingerprint density at radius 3 is 2.26 bits per heavy atom. The molecule has 1 aromatic carbocycles. The van der Waals surface area contributed by atoms with Crippen LogP contribution in [0.15, 0.2) is 35.4 Å². The number of carbonyl (C=O) groups excluding carboxylic acids is 1. The minimum atomic E-state index is 0.0947. The molecule has 0 heterocycles. The minimum absolute atomic E-state index is 0.0947. The summed E-state index contributed by atoms with van der Waals surface area (Å²) < 4.78 is 0. The maximum Gasteiger partial charge on any atom is 0.200 e. The number of rotatable bonds is 6. The monoisotopic (exact) mass is 277 g/mol. The topological polar surface area (TPSA) is 20.3 Å². The fourth-order valence-electron chi connectivity index (χ4n) is 1.84. The lowest BCUT2D eigenvalue weighted by Crippen LogP contribution is -2.08. The normalized spacial score (nSPS) is 11.8. The predicted molar refractivity (Wildman–Crippen MR) is 84.6 cm³/mol. The Kier molecular flexibility index (Phi) is 6.16. The fourth-order valence-corrected chi connectivity index (χ4v) is 2.46. The van der Waals surface area contributed by atoms with Crippen molar-refractivity contribution in [2.75, 3.05) is 20.4 Å². The van der Waals surface area contributed by atoms with E-state index in [-0.39, 0.29) is 5.78 Å². The van der Waals surface area contributed by atoms with Gasteiger partial charge in [-0.3, -0.25) is 4.79 Å². The Balaban J connectivity index is 2.88. The third-order valence-corrected chi connectivity index (χ3v) is 3.41. The second-order valence-electron chi connectivity index (χ2n) is 5.29. The van der Waals surface area contributed by atoms with Gasteiger partial charge in [-0.1, -0.05) is 38.1 Å². The van der Waals surface area contributed by atoms with E-state index in [1.807, 2.05) is 43.6 Å². The van der Waals surface area contributed by atoms with E-state index >= 15 is 0 Å². The van der Waals surface area contributed by atoms with Crippen LogP contribution in [0.3, 0.4) is 0 Å². The fraction of sp³-hybridized carbons (Fsp3) is 0.438. The summed E-state index contributed by atoms with van der Waals surface area (Å²) in [4.78, 5) is 15.0.